The van der Waals surface area contributed by atoms with E-state index in [1.54, 1.807) is 0 Å². The molecule has 72 valence electrons. The molecule has 0 radical (unpaired) electrons. The van der Waals surface area contributed by atoms with Crippen LogP contribution in [-0.2, 0) is 0 Å². The highest BCUT2D eigenvalue weighted by molar-refractivity contribution is 5.55. The molecule has 0 heterocycles. The van der Waals surface area contributed by atoms with E-state index in [-0.39, 0.29) is 11.4 Å². The predicted octanol–water partition coefficient (Wildman–Crippen LogP) is 1.71. The van der Waals surface area contributed by atoms with Gasteiger partial charge in [-0.1, -0.05) is 0 Å². The van der Waals surface area contributed by atoms with Gasteiger partial charge in [0.2, 0.25) is 0 Å². The maximum absolute atomic E-state index is 12.5. The molecule has 0 aliphatic carbocycles. The first-order chi connectivity index (χ1) is 6.13. The molecule has 0 saturated carbocycles. The Labute approximate surface area is 72.3 Å². The van der Waals surface area contributed by atoms with Crippen LogP contribution < -0.4 is 16.0 Å². The summed E-state index contributed by atoms with van der Waals surface area (Å²) in [4.78, 5) is 0. The van der Waals surface area contributed by atoms with Crippen molar-refractivity contribution in [1.82, 2.24) is 0 Å². The summed E-state index contributed by atoms with van der Waals surface area (Å²) in [7, 11) is 0. The van der Waals surface area contributed by atoms with E-state index in [1.807, 2.05) is 5.43 Å². The Kier molecular flexibility index (Phi) is 2.97. The summed E-state index contributed by atoms with van der Waals surface area (Å²) in [6, 6.07) is 3.02. The molecule has 13 heavy (non-hydrogen) atoms. The number of nitrogens with one attached hydrogen (secondary N) is 1. The van der Waals surface area contributed by atoms with Crippen LogP contribution in [0.1, 0.15) is 0 Å². The summed E-state index contributed by atoms with van der Waals surface area (Å²) < 4.78 is 40.1. The molecule has 0 aliphatic heterocycles. The van der Waals surface area contributed by atoms with E-state index in [1.165, 1.54) is 0 Å². The van der Waals surface area contributed by atoms with E-state index in [0.717, 1.165) is 18.2 Å². The van der Waals surface area contributed by atoms with Gasteiger partial charge in [0.1, 0.15) is 5.82 Å². The lowest BCUT2D eigenvalue weighted by Crippen LogP contribution is -2.11. The van der Waals surface area contributed by atoms with E-state index in [2.05, 4.69) is 4.74 Å². The number of halogens is 3. The third kappa shape index (κ3) is 2.51. The second-order valence-electron chi connectivity index (χ2n) is 2.16. The van der Waals surface area contributed by atoms with Crippen molar-refractivity contribution < 1.29 is 17.9 Å². The predicted molar refractivity (Wildman–Crippen MR) is 40.8 cm³/mol. The van der Waals surface area contributed by atoms with E-state index >= 15 is 0 Å². The van der Waals surface area contributed by atoms with Crippen LogP contribution in [0.2, 0.25) is 0 Å². The molecule has 3 nitrogen and oxygen atoms in total. The number of rotatable bonds is 3. The Hall–Kier alpha value is -1.43. The van der Waals surface area contributed by atoms with Crippen LogP contribution >= 0.6 is 0 Å². The number of alkyl halides is 2. The first kappa shape index (κ1) is 9.66. The summed E-state index contributed by atoms with van der Waals surface area (Å²) in [6.45, 7) is -2.96. The zero-order valence-corrected chi connectivity index (χ0v) is 6.43. The molecular formula is C7H7F3N2O. The lowest BCUT2D eigenvalue weighted by Gasteiger charge is -2.09. The molecule has 0 saturated heterocycles. The Bertz CT molecular complexity index is 293. The number of hydrogen-bond acceptors (Lipinski definition) is 3. The van der Waals surface area contributed by atoms with E-state index < -0.39 is 12.4 Å². The fraction of sp³-hybridized carbons (Fsp3) is 0.143. The van der Waals surface area contributed by atoms with Gasteiger partial charge in [-0.3, -0.25) is 5.84 Å². The molecule has 0 spiro atoms. The molecular weight excluding hydrogens is 185 g/mol. The zero-order valence-electron chi connectivity index (χ0n) is 6.43. The molecule has 3 N–H and O–H groups in total. The summed E-state index contributed by atoms with van der Waals surface area (Å²) >= 11 is 0. The van der Waals surface area contributed by atoms with Gasteiger partial charge in [0, 0.05) is 6.07 Å². The van der Waals surface area contributed by atoms with Gasteiger partial charge in [0.05, 0.1) is 5.69 Å². The highest BCUT2D eigenvalue weighted by atomic mass is 19.3. The van der Waals surface area contributed by atoms with Gasteiger partial charge < -0.3 is 10.2 Å². The van der Waals surface area contributed by atoms with Crippen LogP contribution in [0.15, 0.2) is 18.2 Å². The van der Waals surface area contributed by atoms with Crippen LogP contribution in [0.5, 0.6) is 5.75 Å². The lowest BCUT2D eigenvalue weighted by atomic mass is 10.3. The van der Waals surface area contributed by atoms with Crippen molar-refractivity contribution in [1.29, 1.82) is 0 Å². The Morgan fingerprint density at radius 2 is 2.08 bits per heavy atom. The number of nitrogens with two attached hydrogens (primary N) is 1. The first-order valence-electron chi connectivity index (χ1n) is 3.34. The topological polar surface area (TPSA) is 47.3 Å². The highest BCUT2D eigenvalue weighted by Gasteiger charge is 2.09. The highest BCUT2D eigenvalue weighted by Crippen LogP contribution is 2.25. The lowest BCUT2D eigenvalue weighted by molar-refractivity contribution is -0.0494. The molecule has 0 amide bonds. The molecule has 0 atom stereocenters. The molecule has 0 aliphatic rings. The van der Waals surface area contributed by atoms with Gasteiger partial charge in [-0.15, -0.1) is 0 Å². The van der Waals surface area contributed by atoms with Crippen LogP contribution in [0.3, 0.4) is 0 Å². The Morgan fingerprint density at radius 1 is 1.38 bits per heavy atom. The largest absolute Gasteiger partial charge is 0.433 e. The normalized spacial score (nSPS) is 10.2. The Morgan fingerprint density at radius 3 is 2.62 bits per heavy atom. The summed E-state index contributed by atoms with van der Waals surface area (Å²) in [5, 5.41) is 0. The van der Waals surface area contributed by atoms with Crippen LogP contribution in [0.4, 0.5) is 18.9 Å². The van der Waals surface area contributed by atoms with Gasteiger partial charge in [-0.05, 0) is 12.1 Å². The second-order valence-corrected chi connectivity index (χ2v) is 2.16. The Balaban J connectivity index is 2.92. The van der Waals surface area contributed by atoms with E-state index in [9.17, 15) is 13.2 Å². The summed E-state index contributed by atoms with van der Waals surface area (Å²) in [6.07, 6.45) is 0. The van der Waals surface area contributed by atoms with Gasteiger partial charge in [0.25, 0.3) is 0 Å². The van der Waals surface area contributed by atoms with E-state index in [0.29, 0.717) is 0 Å². The van der Waals surface area contributed by atoms with Crippen molar-refractivity contribution in [3.63, 3.8) is 0 Å². The monoisotopic (exact) mass is 192 g/mol. The number of hydrazine groups is 1. The fourth-order valence-corrected chi connectivity index (χ4v) is 0.814. The minimum absolute atomic E-state index is 0.0275. The quantitative estimate of drug-likeness (QED) is 0.566. The van der Waals surface area contributed by atoms with Crippen molar-refractivity contribution >= 4 is 5.69 Å². The average Bonchev–Trinajstić information content (AvgIpc) is 2.07. The molecule has 0 fully saturated rings. The van der Waals surface area contributed by atoms with Crippen molar-refractivity contribution in [3.8, 4) is 5.75 Å². The number of hydrogen-bond donors (Lipinski definition) is 2. The molecule has 1 aromatic carbocycles. The smallest absolute Gasteiger partial charge is 0.387 e. The summed E-state index contributed by atoms with van der Waals surface area (Å²) in [5.74, 6) is 4.17. The molecule has 0 bridgehead atoms. The van der Waals surface area contributed by atoms with Crippen LogP contribution in [0.25, 0.3) is 0 Å². The van der Waals surface area contributed by atoms with Crippen LogP contribution in [-0.4, -0.2) is 6.61 Å². The van der Waals surface area contributed by atoms with Crippen LogP contribution in [0, 0.1) is 5.82 Å². The van der Waals surface area contributed by atoms with Crippen molar-refractivity contribution in [2.24, 2.45) is 5.84 Å². The SMILES string of the molecule is NNc1cc(F)ccc1OC(F)F. The van der Waals surface area contributed by atoms with Gasteiger partial charge >= 0.3 is 6.61 Å². The third-order valence-electron chi connectivity index (χ3n) is 1.31. The number of benzene rings is 1. The minimum Gasteiger partial charge on any atom is -0.433 e. The number of ether oxygens (including phenoxy) is 1. The van der Waals surface area contributed by atoms with Crippen molar-refractivity contribution in [2.75, 3.05) is 5.43 Å². The average molecular weight is 192 g/mol. The standard InChI is InChI=1S/C7H7F3N2O/c8-4-1-2-6(13-7(9)10)5(3-4)12-11/h1-3,7,12H,11H2. The maximum atomic E-state index is 12.5. The maximum Gasteiger partial charge on any atom is 0.387 e. The first-order valence-corrected chi connectivity index (χ1v) is 3.34. The molecule has 6 heteroatoms. The molecule has 0 unspecified atom stereocenters. The second kappa shape index (κ2) is 3.99. The molecule has 0 aromatic heterocycles. The van der Waals surface area contributed by atoms with Crippen molar-refractivity contribution in [3.05, 3.63) is 24.0 Å². The number of anilines is 1. The van der Waals surface area contributed by atoms with Gasteiger partial charge in [0.15, 0.2) is 5.75 Å². The zero-order chi connectivity index (χ0) is 9.84. The van der Waals surface area contributed by atoms with Gasteiger partial charge in [-0.25, -0.2) is 4.39 Å². The summed E-state index contributed by atoms with van der Waals surface area (Å²) in [5.41, 5.74) is 2.02. The third-order valence-corrected chi connectivity index (χ3v) is 1.31. The fourth-order valence-electron chi connectivity index (χ4n) is 0.814. The van der Waals surface area contributed by atoms with Gasteiger partial charge in [-0.2, -0.15) is 8.78 Å². The van der Waals surface area contributed by atoms with Crippen molar-refractivity contribution in [2.45, 2.75) is 6.61 Å². The number of nitrogen functional groups attached to an aromatic ring is 1. The molecule has 1 aromatic rings. The molecule has 1 rings (SSSR count). The van der Waals surface area contributed by atoms with E-state index in [4.69, 9.17) is 5.84 Å². The minimum atomic E-state index is -2.96.